The standard InChI is InChI=1S/C16H15F2NO3/c1-22-14-8-3-2-5-10(14)16(21)19-9-13(20)15-11(17)6-4-7-12(15)18/h2-8,13,20H,9H2,1H3,(H,19,21). The number of carbonyl (C=O) groups is 1. The third-order valence-electron chi connectivity index (χ3n) is 3.14. The Bertz CT molecular complexity index is 656. The van der Waals surface area contributed by atoms with Crippen molar-refractivity contribution in [2.75, 3.05) is 13.7 Å². The monoisotopic (exact) mass is 307 g/mol. The summed E-state index contributed by atoms with van der Waals surface area (Å²) < 4.78 is 32.1. The van der Waals surface area contributed by atoms with Gasteiger partial charge in [0.1, 0.15) is 23.5 Å². The Labute approximate surface area is 126 Å². The molecule has 2 aromatic carbocycles. The molecule has 2 N–H and O–H groups in total. The van der Waals surface area contributed by atoms with Gasteiger partial charge in [0.2, 0.25) is 0 Å². The van der Waals surface area contributed by atoms with Crippen LogP contribution in [0.15, 0.2) is 42.5 Å². The third kappa shape index (κ3) is 3.40. The second kappa shape index (κ2) is 7.00. The minimum absolute atomic E-state index is 0.270. The molecular weight excluding hydrogens is 292 g/mol. The number of aliphatic hydroxyl groups excluding tert-OH is 1. The fourth-order valence-electron chi connectivity index (χ4n) is 2.05. The molecule has 2 aromatic rings. The van der Waals surface area contributed by atoms with Crippen molar-refractivity contribution in [3.05, 3.63) is 65.2 Å². The topological polar surface area (TPSA) is 58.6 Å². The van der Waals surface area contributed by atoms with E-state index in [1.165, 1.54) is 13.2 Å². The third-order valence-corrected chi connectivity index (χ3v) is 3.14. The second-order valence-electron chi connectivity index (χ2n) is 4.56. The van der Waals surface area contributed by atoms with Crippen LogP contribution in [-0.4, -0.2) is 24.7 Å². The number of amides is 1. The first-order valence-electron chi connectivity index (χ1n) is 6.57. The van der Waals surface area contributed by atoms with E-state index in [9.17, 15) is 18.7 Å². The number of rotatable bonds is 5. The Kier molecular flexibility index (Phi) is 5.06. The zero-order chi connectivity index (χ0) is 16.1. The molecule has 0 saturated heterocycles. The highest BCUT2D eigenvalue weighted by Gasteiger charge is 2.19. The molecule has 0 aliphatic carbocycles. The van der Waals surface area contributed by atoms with Crippen LogP contribution in [-0.2, 0) is 0 Å². The van der Waals surface area contributed by atoms with Gasteiger partial charge in [0, 0.05) is 6.54 Å². The number of nitrogens with one attached hydrogen (secondary N) is 1. The molecule has 0 aromatic heterocycles. The summed E-state index contributed by atoms with van der Waals surface area (Å²) in [5.41, 5.74) is -0.200. The number of aliphatic hydroxyl groups is 1. The maximum Gasteiger partial charge on any atom is 0.255 e. The van der Waals surface area contributed by atoms with Crippen molar-refractivity contribution < 1.29 is 23.4 Å². The average molecular weight is 307 g/mol. The molecule has 4 nitrogen and oxygen atoms in total. The molecule has 0 heterocycles. The van der Waals surface area contributed by atoms with Gasteiger partial charge < -0.3 is 15.2 Å². The number of hydrogen-bond donors (Lipinski definition) is 2. The van der Waals surface area contributed by atoms with Crippen LogP contribution in [0.4, 0.5) is 8.78 Å². The van der Waals surface area contributed by atoms with Gasteiger partial charge in [-0.25, -0.2) is 8.78 Å². The van der Waals surface area contributed by atoms with E-state index in [0.717, 1.165) is 12.1 Å². The molecular formula is C16H15F2NO3. The largest absolute Gasteiger partial charge is 0.496 e. The summed E-state index contributed by atoms with van der Waals surface area (Å²) in [5, 5.41) is 12.3. The lowest BCUT2D eigenvalue weighted by Crippen LogP contribution is -2.29. The first kappa shape index (κ1) is 15.9. The zero-order valence-electron chi connectivity index (χ0n) is 11.8. The molecule has 0 radical (unpaired) electrons. The summed E-state index contributed by atoms with van der Waals surface area (Å²) in [5.74, 6) is -1.86. The van der Waals surface area contributed by atoms with E-state index < -0.39 is 29.2 Å². The first-order valence-corrected chi connectivity index (χ1v) is 6.57. The van der Waals surface area contributed by atoms with Crippen molar-refractivity contribution >= 4 is 5.91 Å². The molecule has 6 heteroatoms. The van der Waals surface area contributed by atoms with Crippen LogP contribution < -0.4 is 10.1 Å². The fourth-order valence-corrected chi connectivity index (χ4v) is 2.05. The van der Waals surface area contributed by atoms with Gasteiger partial charge in [0.15, 0.2) is 0 Å². The summed E-state index contributed by atoms with van der Waals surface area (Å²) in [4.78, 5) is 12.0. The van der Waals surface area contributed by atoms with Crippen molar-refractivity contribution in [3.8, 4) is 5.75 Å². The Morgan fingerprint density at radius 1 is 1.18 bits per heavy atom. The number of halogens is 2. The van der Waals surface area contributed by atoms with Gasteiger partial charge in [0.25, 0.3) is 5.91 Å². The summed E-state index contributed by atoms with van der Waals surface area (Å²) in [6, 6.07) is 9.82. The highest BCUT2D eigenvalue weighted by molar-refractivity contribution is 5.96. The molecule has 0 bridgehead atoms. The second-order valence-corrected chi connectivity index (χ2v) is 4.56. The van der Waals surface area contributed by atoms with Crippen LogP contribution in [0.5, 0.6) is 5.75 Å². The van der Waals surface area contributed by atoms with E-state index in [1.807, 2.05) is 0 Å². The lowest BCUT2D eigenvalue weighted by atomic mass is 10.1. The van der Waals surface area contributed by atoms with Crippen LogP contribution >= 0.6 is 0 Å². The fraction of sp³-hybridized carbons (Fsp3) is 0.188. The van der Waals surface area contributed by atoms with Crippen molar-refractivity contribution in [3.63, 3.8) is 0 Å². The maximum atomic E-state index is 13.5. The Morgan fingerprint density at radius 3 is 2.45 bits per heavy atom. The first-order chi connectivity index (χ1) is 10.5. The number of carbonyl (C=O) groups excluding carboxylic acids is 1. The van der Waals surface area contributed by atoms with Gasteiger partial charge in [-0.2, -0.15) is 0 Å². The number of benzene rings is 2. The van der Waals surface area contributed by atoms with Gasteiger partial charge in [-0.3, -0.25) is 4.79 Å². The molecule has 1 unspecified atom stereocenters. The number of hydrogen-bond acceptors (Lipinski definition) is 3. The minimum Gasteiger partial charge on any atom is -0.496 e. The molecule has 116 valence electrons. The molecule has 0 aliphatic heterocycles. The van der Waals surface area contributed by atoms with E-state index in [2.05, 4.69) is 5.32 Å². The Balaban J connectivity index is 2.08. The molecule has 0 spiro atoms. The lowest BCUT2D eigenvalue weighted by molar-refractivity contribution is 0.0908. The Morgan fingerprint density at radius 2 is 1.82 bits per heavy atom. The molecule has 0 saturated carbocycles. The van der Waals surface area contributed by atoms with Gasteiger partial charge in [-0.05, 0) is 24.3 Å². The SMILES string of the molecule is COc1ccccc1C(=O)NCC(O)c1c(F)cccc1F. The summed E-state index contributed by atoms with van der Waals surface area (Å²) in [7, 11) is 1.43. The van der Waals surface area contributed by atoms with Crippen molar-refractivity contribution in [2.45, 2.75) is 6.10 Å². The van der Waals surface area contributed by atoms with Gasteiger partial charge in [-0.1, -0.05) is 18.2 Å². The number of para-hydroxylation sites is 1. The molecule has 2 rings (SSSR count). The van der Waals surface area contributed by atoms with E-state index >= 15 is 0 Å². The molecule has 22 heavy (non-hydrogen) atoms. The zero-order valence-corrected chi connectivity index (χ0v) is 11.8. The van der Waals surface area contributed by atoms with E-state index in [4.69, 9.17) is 4.74 Å². The van der Waals surface area contributed by atoms with Crippen LogP contribution in [0.2, 0.25) is 0 Å². The highest BCUT2D eigenvalue weighted by atomic mass is 19.1. The lowest BCUT2D eigenvalue weighted by Gasteiger charge is -2.14. The van der Waals surface area contributed by atoms with Crippen LogP contribution in [0.1, 0.15) is 22.0 Å². The molecule has 0 aliphatic rings. The highest BCUT2D eigenvalue weighted by Crippen LogP contribution is 2.21. The van der Waals surface area contributed by atoms with E-state index in [1.54, 1.807) is 24.3 Å². The van der Waals surface area contributed by atoms with E-state index in [0.29, 0.717) is 5.75 Å². The normalized spacial score (nSPS) is 11.8. The maximum absolute atomic E-state index is 13.5. The van der Waals surface area contributed by atoms with Gasteiger partial charge in [0.05, 0.1) is 18.2 Å². The van der Waals surface area contributed by atoms with Crippen molar-refractivity contribution in [2.24, 2.45) is 0 Å². The van der Waals surface area contributed by atoms with Gasteiger partial charge >= 0.3 is 0 Å². The molecule has 0 fully saturated rings. The quantitative estimate of drug-likeness (QED) is 0.892. The number of ether oxygens (including phenoxy) is 1. The van der Waals surface area contributed by atoms with Crippen LogP contribution in [0.3, 0.4) is 0 Å². The van der Waals surface area contributed by atoms with Gasteiger partial charge in [-0.15, -0.1) is 0 Å². The minimum atomic E-state index is -1.49. The van der Waals surface area contributed by atoms with Crippen LogP contribution in [0.25, 0.3) is 0 Å². The summed E-state index contributed by atoms with van der Waals surface area (Å²) in [6.45, 7) is -0.325. The predicted molar refractivity (Wildman–Crippen MR) is 76.6 cm³/mol. The van der Waals surface area contributed by atoms with Crippen molar-refractivity contribution in [1.82, 2.24) is 5.32 Å². The van der Waals surface area contributed by atoms with Crippen LogP contribution in [0, 0.1) is 11.6 Å². The predicted octanol–water partition coefficient (Wildman–Crippen LogP) is 2.44. The van der Waals surface area contributed by atoms with Crippen molar-refractivity contribution in [1.29, 1.82) is 0 Å². The smallest absolute Gasteiger partial charge is 0.255 e. The number of methoxy groups -OCH3 is 1. The molecule has 1 atom stereocenters. The summed E-state index contributed by atoms with van der Waals surface area (Å²) in [6.07, 6.45) is -1.49. The van der Waals surface area contributed by atoms with E-state index in [-0.39, 0.29) is 12.1 Å². The Hall–Kier alpha value is -2.47. The average Bonchev–Trinajstić information content (AvgIpc) is 2.52. The molecule has 1 amide bonds. The summed E-state index contributed by atoms with van der Waals surface area (Å²) >= 11 is 0.